The Morgan fingerprint density at radius 3 is 2.33 bits per heavy atom. The molecule has 1 aromatic carbocycles. The minimum atomic E-state index is -1.03. The normalized spacial score (nSPS) is 14.9. The zero-order valence-electron chi connectivity index (χ0n) is 11.2. The second-order valence-electron chi connectivity index (χ2n) is 5.64. The molecule has 0 aromatic heterocycles. The van der Waals surface area contributed by atoms with Crippen molar-refractivity contribution in [1.82, 2.24) is 5.32 Å². The number of amides is 1. The average molecular weight is 250 g/mol. The molecule has 0 heterocycles. The number of nitrogens with one attached hydrogen (secondary N) is 1. The summed E-state index contributed by atoms with van der Waals surface area (Å²) in [6.45, 7) is 6.04. The van der Waals surface area contributed by atoms with Crippen molar-refractivity contribution in [1.29, 1.82) is 0 Å². The van der Waals surface area contributed by atoms with E-state index in [9.17, 15) is 4.79 Å². The van der Waals surface area contributed by atoms with Gasteiger partial charge in [-0.05, 0) is 17.4 Å². The van der Waals surface area contributed by atoms with Gasteiger partial charge >= 0.3 is 6.09 Å². The van der Waals surface area contributed by atoms with Gasteiger partial charge in [0.1, 0.15) is 0 Å². The van der Waals surface area contributed by atoms with E-state index in [-0.39, 0.29) is 17.5 Å². The van der Waals surface area contributed by atoms with Gasteiger partial charge in [0.2, 0.25) is 0 Å². The van der Waals surface area contributed by atoms with E-state index in [4.69, 9.17) is 10.8 Å². The van der Waals surface area contributed by atoms with Crippen LogP contribution in [0.2, 0.25) is 0 Å². The van der Waals surface area contributed by atoms with Crippen LogP contribution < -0.4 is 11.1 Å². The molecule has 0 aliphatic heterocycles. The highest BCUT2D eigenvalue weighted by Gasteiger charge is 2.30. The lowest BCUT2D eigenvalue weighted by molar-refractivity contribution is 0.178. The number of rotatable bonds is 4. The van der Waals surface area contributed by atoms with Crippen LogP contribution in [0.1, 0.15) is 26.3 Å². The van der Waals surface area contributed by atoms with E-state index < -0.39 is 6.09 Å². The standard InChI is InChI=1S/C14H22N2O2/c1-14(2,3)12(15)11(16-13(17)18)9-10-7-5-4-6-8-10/h4-8,11-12,16H,9,15H2,1-3H3,(H,17,18)/t11-,12?/m1/s1. The van der Waals surface area contributed by atoms with Crippen molar-refractivity contribution in [3.05, 3.63) is 35.9 Å². The molecule has 1 unspecified atom stereocenters. The van der Waals surface area contributed by atoms with E-state index in [0.29, 0.717) is 6.42 Å². The predicted octanol–water partition coefficient (Wildman–Crippen LogP) is 2.24. The zero-order valence-corrected chi connectivity index (χ0v) is 11.2. The molecule has 0 radical (unpaired) electrons. The minimum Gasteiger partial charge on any atom is -0.465 e. The lowest BCUT2D eigenvalue weighted by Gasteiger charge is -2.34. The van der Waals surface area contributed by atoms with Crippen LogP contribution in [0.15, 0.2) is 30.3 Å². The maximum atomic E-state index is 10.9. The summed E-state index contributed by atoms with van der Waals surface area (Å²) < 4.78 is 0. The fraction of sp³-hybridized carbons (Fsp3) is 0.500. The molecular formula is C14H22N2O2. The Labute approximate surface area is 108 Å². The number of hydrogen-bond donors (Lipinski definition) is 3. The Morgan fingerprint density at radius 1 is 1.33 bits per heavy atom. The van der Waals surface area contributed by atoms with Gasteiger partial charge in [0.15, 0.2) is 0 Å². The summed E-state index contributed by atoms with van der Waals surface area (Å²) >= 11 is 0. The predicted molar refractivity (Wildman–Crippen MR) is 72.5 cm³/mol. The molecule has 0 aliphatic rings. The number of hydrogen-bond acceptors (Lipinski definition) is 2. The largest absolute Gasteiger partial charge is 0.465 e. The van der Waals surface area contributed by atoms with Gasteiger partial charge in [0.05, 0.1) is 6.04 Å². The van der Waals surface area contributed by atoms with Gasteiger partial charge in [-0.3, -0.25) is 0 Å². The van der Waals surface area contributed by atoms with Crippen LogP contribution >= 0.6 is 0 Å². The topological polar surface area (TPSA) is 75.3 Å². The number of carboxylic acid groups (broad SMARTS) is 1. The third-order valence-electron chi connectivity index (χ3n) is 3.04. The third-order valence-corrected chi connectivity index (χ3v) is 3.04. The number of benzene rings is 1. The molecule has 1 rings (SSSR count). The van der Waals surface area contributed by atoms with Crippen molar-refractivity contribution >= 4 is 6.09 Å². The smallest absolute Gasteiger partial charge is 0.404 e. The molecule has 2 atom stereocenters. The van der Waals surface area contributed by atoms with Gasteiger partial charge in [0, 0.05) is 6.04 Å². The highest BCUT2D eigenvalue weighted by atomic mass is 16.4. The first-order valence-electron chi connectivity index (χ1n) is 6.09. The minimum absolute atomic E-state index is 0.151. The molecule has 4 nitrogen and oxygen atoms in total. The molecule has 0 bridgehead atoms. The molecule has 0 aliphatic carbocycles. The summed E-state index contributed by atoms with van der Waals surface area (Å²) in [6.07, 6.45) is -0.429. The molecule has 0 spiro atoms. The Morgan fingerprint density at radius 2 is 1.89 bits per heavy atom. The maximum absolute atomic E-state index is 10.9. The molecule has 0 saturated carbocycles. The molecular weight excluding hydrogens is 228 g/mol. The molecule has 0 saturated heterocycles. The molecule has 0 fully saturated rings. The Bertz CT molecular complexity index is 385. The summed E-state index contributed by atoms with van der Waals surface area (Å²) in [5.41, 5.74) is 7.09. The quantitative estimate of drug-likeness (QED) is 0.767. The van der Waals surface area contributed by atoms with E-state index in [2.05, 4.69) is 5.32 Å². The van der Waals surface area contributed by atoms with Crippen LogP contribution in [0.4, 0.5) is 4.79 Å². The Kier molecular flexibility index (Phi) is 4.73. The third kappa shape index (κ3) is 4.37. The van der Waals surface area contributed by atoms with Crippen LogP contribution in [0.25, 0.3) is 0 Å². The summed E-state index contributed by atoms with van der Waals surface area (Å²) in [5.74, 6) is 0. The van der Waals surface area contributed by atoms with E-state index in [1.165, 1.54) is 0 Å². The molecule has 4 heteroatoms. The maximum Gasteiger partial charge on any atom is 0.404 e. The van der Waals surface area contributed by atoms with Gasteiger partial charge < -0.3 is 16.2 Å². The number of nitrogens with two attached hydrogens (primary N) is 1. The Hall–Kier alpha value is -1.55. The van der Waals surface area contributed by atoms with E-state index >= 15 is 0 Å². The first kappa shape index (κ1) is 14.5. The van der Waals surface area contributed by atoms with Gasteiger partial charge in [0.25, 0.3) is 0 Å². The highest BCUT2D eigenvalue weighted by molar-refractivity contribution is 5.65. The van der Waals surface area contributed by atoms with Crippen molar-refractivity contribution in [3.63, 3.8) is 0 Å². The summed E-state index contributed by atoms with van der Waals surface area (Å²) in [7, 11) is 0. The molecule has 100 valence electrons. The molecule has 1 aromatic rings. The van der Waals surface area contributed by atoms with E-state index in [0.717, 1.165) is 5.56 Å². The van der Waals surface area contributed by atoms with Gasteiger partial charge in [-0.15, -0.1) is 0 Å². The lowest BCUT2D eigenvalue weighted by Crippen LogP contribution is -2.54. The molecule has 18 heavy (non-hydrogen) atoms. The fourth-order valence-electron chi connectivity index (χ4n) is 1.90. The molecule has 1 amide bonds. The van der Waals surface area contributed by atoms with Crippen molar-refractivity contribution in [2.45, 2.75) is 39.3 Å². The monoisotopic (exact) mass is 250 g/mol. The van der Waals surface area contributed by atoms with E-state index in [1.54, 1.807) is 0 Å². The van der Waals surface area contributed by atoms with Crippen molar-refractivity contribution in [2.75, 3.05) is 0 Å². The number of carbonyl (C=O) groups is 1. The summed E-state index contributed by atoms with van der Waals surface area (Å²) in [6, 6.07) is 9.25. The Balaban J connectivity index is 2.82. The second kappa shape index (κ2) is 5.87. The van der Waals surface area contributed by atoms with E-state index in [1.807, 2.05) is 51.1 Å². The van der Waals surface area contributed by atoms with Crippen LogP contribution in [0.3, 0.4) is 0 Å². The first-order valence-corrected chi connectivity index (χ1v) is 6.09. The summed E-state index contributed by atoms with van der Waals surface area (Å²) in [4.78, 5) is 10.9. The van der Waals surface area contributed by atoms with Crippen LogP contribution in [0.5, 0.6) is 0 Å². The van der Waals surface area contributed by atoms with Crippen LogP contribution in [0, 0.1) is 5.41 Å². The van der Waals surface area contributed by atoms with Gasteiger partial charge in [-0.2, -0.15) is 0 Å². The SMILES string of the molecule is CC(C)(C)C(N)[C@@H](Cc1ccccc1)NC(=O)O. The summed E-state index contributed by atoms with van der Waals surface area (Å²) in [5, 5.41) is 11.4. The zero-order chi connectivity index (χ0) is 13.8. The van der Waals surface area contributed by atoms with Crippen molar-refractivity contribution in [3.8, 4) is 0 Å². The average Bonchev–Trinajstić information content (AvgIpc) is 2.26. The molecule has 4 N–H and O–H groups in total. The van der Waals surface area contributed by atoms with Gasteiger partial charge in [-0.25, -0.2) is 4.79 Å². The van der Waals surface area contributed by atoms with Gasteiger partial charge in [-0.1, -0.05) is 51.1 Å². The van der Waals surface area contributed by atoms with Crippen molar-refractivity contribution in [2.24, 2.45) is 11.1 Å². The fourth-order valence-corrected chi connectivity index (χ4v) is 1.90. The highest BCUT2D eigenvalue weighted by Crippen LogP contribution is 2.21. The first-order chi connectivity index (χ1) is 8.30. The van der Waals surface area contributed by atoms with Crippen LogP contribution in [-0.4, -0.2) is 23.3 Å². The van der Waals surface area contributed by atoms with Crippen molar-refractivity contribution < 1.29 is 9.90 Å². The second-order valence-corrected chi connectivity index (χ2v) is 5.64. The van der Waals surface area contributed by atoms with Crippen LogP contribution in [-0.2, 0) is 6.42 Å². The lowest BCUT2D eigenvalue weighted by atomic mass is 9.81.